The standard InChI is InChI=1S/C35H48N4O7S/c1-9-11-13-14-22-18-29(22)46-32(41)38-35(6,34(3,4)5)47-33(42)39-21-24(20-28(39)31(40)44-8)45-30-26(15-12-10-2)36-25-17-16-23(43-7)19-27(25)37-30/h10-11,13,16-17,19,22,24,28-29H,2,9,12,14-15,18,20-21H2,1,3-8H3,(H,38,41)/b13-11-/t22?,24-,28?,29-,35+/m1/s1. The van der Waals surface area contributed by atoms with E-state index in [1.807, 2.05) is 32.9 Å². The molecule has 1 N–H and O–H groups in total. The summed E-state index contributed by atoms with van der Waals surface area (Å²) in [6, 6.07) is 4.56. The van der Waals surface area contributed by atoms with Crippen molar-refractivity contribution in [2.45, 2.75) is 96.3 Å². The number of fused-ring (bicyclic) bond motifs is 1. The lowest BCUT2D eigenvalue weighted by molar-refractivity contribution is -0.144. The molecule has 2 unspecified atom stereocenters. The van der Waals surface area contributed by atoms with Crippen LogP contribution in [0.2, 0.25) is 0 Å². The Hall–Kier alpha value is -3.80. The van der Waals surface area contributed by atoms with Crippen LogP contribution in [0.5, 0.6) is 11.6 Å². The van der Waals surface area contributed by atoms with E-state index in [9.17, 15) is 14.4 Å². The molecule has 2 aromatic rings. The van der Waals surface area contributed by atoms with E-state index in [2.05, 4.69) is 31.0 Å². The molecule has 1 aliphatic heterocycles. The lowest BCUT2D eigenvalue weighted by Crippen LogP contribution is -2.54. The number of rotatable bonds is 13. The average molecular weight is 669 g/mol. The van der Waals surface area contributed by atoms with E-state index in [0.29, 0.717) is 47.1 Å². The number of nitrogens with one attached hydrogen (secondary N) is 1. The first kappa shape index (κ1) is 36.0. The highest BCUT2D eigenvalue weighted by Crippen LogP contribution is 2.43. The Morgan fingerprint density at radius 3 is 2.53 bits per heavy atom. The molecule has 4 rings (SSSR count). The Labute approximate surface area is 281 Å². The third kappa shape index (κ3) is 8.97. The number of nitrogens with zero attached hydrogens (tertiary/aromatic N) is 3. The normalized spacial score (nSPS) is 22.1. The lowest BCUT2D eigenvalue weighted by Gasteiger charge is -2.41. The van der Waals surface area contributed by atoms with Crippen LogP contribution >= 0.6 is 11.8 Å². The maximum absolute atomic E-state index is 14.0. The van der Waals surface area contributed by atoms with Gasteiger partial charge < -0.3 is 29.2 Å². The highest BCUT2D eigenvalue weighted by atomic mass is 32.2. The van der Waals surface area contributed by atoms with E-state index in [-0.39, 0.29) is 24.3 Å². The molecule has 0 spiro atoms. The van der Waals surface area contributed by atoms with Crippen molar-refractivity contribution in [1.82, 2.24) is 20.2 Å². The summed E-state index contributed by atoms with van der Waals surface area (Å²) in [7, 11) is 2.88. The molecule has 12 heteroatoms. The highest BCUT2D eigenvalue weighted by molar-refractivity contribution is 8.14. The van der Waals surface area contributed by atoms with Crippen molar-refractivity contribution in [1.29, 1.82) is 0 Å². The molecule has 0 radical (unpaired) electrons. The maximum Gasteiger partial charge on any atom is 0.408 e. The number of allylic oxidation sites excluding steroid dienone is 3. The predicted octanol–water partition coefficient (Wildman–Crippen LogP) is 6.84. The number of aromatic nitrogens is 2. The smallest absolute Gasteiger partial charge is 0.408 e. The Balaban J connectivity index is 1.51. The van der Waals surface area contributed by atoms with Gasteiger partial charge in [-0.25, -0.2) is 19.6 Å². The van der Waals surface area contributed by atoms with Crippen LogP contribution in [0.3, 0.4) is 0 Å². The largest absolute Gasteiger partial charge is 0.497 e. The van der Waals surface area contributed by atoms with Gasteiger partial charge in [0.05, 0.1) is 31.8 Å². The van der Waals surface area contributed by atoms with Gasteiger partial charge in [-0.05, 0) is 68.3 Å². The molecule has 1 aromatic carbocycles. The second-order valence-electron chi connectivity index (χ2n) is 13.2. The highest BCUT2D eigenvalue weighted by Gasteiger charge is 2.48. The molecule has 2 heterocycles. The third-order valence-corrected chi connectivity index (χ3v) is 10.3. The van der Waals surface area contributed by atoms with Crippen LogP contribution in [0.4, 0.5) is 9.59 Å². The number of ether oxygens (including phenoxy) is 4. The van der Waals surface area contributed by atoms with E-state index in [4.69, 9.17) is 28.9 Å². The first-order chi connectivity index (χ1) is 22.3. The molecular weight excluding hydrogens is 620 g/mol. The minimum Gasteiger partial charge on any atom is -0.497 e. The van der Waals surface area contributed by atoms with Crippen molar-refractivity contribution < 1.29 is 33.3 Å². The minimum atomic E-state index is -1.06. The van der Waals surface area contributed by atoms with Gasteiger partial charge in [-0.2, -0.15) is 0 Å². The summed E-state index contributed by atoms with van der Waals surface area (Å²) < 4.78 is 22.5. The second-order valence-corrected chi connectivity index (χ2v) is 14.5. The van der Waals surface area contributed by atoms with E-state index >= 15 is 0 Å². The van der Waals surface area contributed by atoms with E-state index in [0.717, 1.165) is 31.0 Å². The molecule has 47 heavy (non-hydrogen) atoms. The van der Waals surface area contributed by atoms with Crippen LogP contribution in [0.1, 0.15) is 72.4 Å². The van der Waals surface area contributed by atoms with Crippen LogP contribution in [0.15, 0.2) is 43.0 Å². The minimum absolute atomic E-state index is 0.115. The summed E-state index contributed by atoms with van der Waals surface area (Å²) in [5, 5.41) is 2.57. The number of likely N-dealkylation sites (tertiary alicyclic amines) is 1. The van der Waals surface area contributed by atoms with Crippen molar-refractivity contribution >= 4 is 40.1 Å². The second kappa shape index (κ2) is 15.4. The number of hydrogen-bond acceptors (Lipinski definition) is 10. The van der Waals surface area contributed by atoms with E-state index < -0.39 is 34.5 Å². The average Bonchev–Trinajstić information content (AvgIpc) is 3.61. The Morgan fingerprint density at radius 1 is 1.11 bits per heavy atom. The van der Waals surface area contributed by atoms with Gasteiger partial charge in [0.25, 0.3) is 5.24 Å². The molecule has 1 aromatic heterocycles. The zero-order valence-corrected chi connectivity index (χ0v) is 29.4. The Bertz CT molecular complexity index is 1490. The number of thioether (sulfide) groups is 1. The fraction of sp³-hybridized carbons (Fsp3) is 0.571. The summed E-state index contributed by atoms with van der Waals surface area (Å²) in [6.07, 6.45) is 8.85. The van der Waals surface area contributed by atoms with Crippen molar-refractivity contribution in [3.63, 3.8) is 0 Å². The summed E-state index contributed by atoms with van der Waals surface area (Å²) >= 11 is 0.953. The van der Waals surface area contributed by atoms with Crippen LogP contribution in [0, 0.1) is 11.3 Å². The zero-order valence-electron chi connectivity index (χ0n) is 28.5. The predicted molar refractivity (Wildman–Crippen MR) is 183 cm³/mol. The molecule has 5 atom stereocenters. The number of esters is 1. The fourth-order valence-corrected chi connectivity index (χ4v) is 6.40. The zero-order chi connectivity index (χ0) is 34.4. The molecule has 2 fully saturated rings. The van der Waals surface area contributed by atoms with Gasteiger partial charge in [0.2, 0.25) is 5.88 Å². The van der Waals surface area contributed by atoms with Gasteiger partial charge in [0.1, 0.15) is 34.6 Å². The van der Waals surface area contributed by atoms with Crippen LogP contribution < -0.4 is 14.8 Å². The van der Waals surface area contributed by atoms with Gasteiger partial charge in [0.15, 0.2) is 0 Å². The number of amides is 2. The van der Waals surface area contributed by atoms with Gasteiger partial charge in [-0.15, -0.1) is 6.58 Å². The number of carbonyl (C=O) groups is 3. The van der Waals surface area contributed by atoms with Gasteiger partial charge in [0, 0.05) is 18.4 Å². The first-order valence-electron chi connectivity index (χ1n) is 16.2. The summed E-state index contributed by atoms with van der Waals surface area (Å²) in [4.78, 5) is 49.9. The third-order valence-electron chi connectivity index (χ3n) is 8.76. The fourth-order valence-electron chi connectivity index (χ4n) is 5.29. The van der Waals surface area contributed by atoms with Crippen LogP contribution in [-0.4, -0.2) is 76.1 Å². The first-order valence-corrected chi connectivity index (χ1v) is 17.0. The van der Waals surface area contributed by atoms with E-state index in [1.165, 1.54) is 12.0 Å². The number of methoxy groups -OCH3 is 2. The van der Waals surface area contributed by atoms with Crippen molar-refractivity contribution in [3.05, 3.63) is 48.7 Å². The number of carbonyl (C=O) groups excluding carboxylic acids is 3. The van der Waals surface area contributed by atoms with Crippen molar-refractivity contribution in [3.8, 4) is 11.6 Å². The monoisotopic (exact) mass is 668 g/mol. The summed E-state index contributed by atoms with van der Waals surface area (Å²) in [5.74, 6) is 0.730. The molecule has 2 amide bonds. The van der Waals surface area contributed by atoms with Crippen molar-refractivity contribution in [2.24, 2.45) is 11.3 Å². The number of benzene rings is 1. The summed E-state index contributed by atoms with van der Waals surface area (Å²) in [6.45, 7) is 13.6. The quantitative estimate of drug-likeness (QED) is 0.138. The molecule has 1 aliphatic carbocycles. The number of hydrogen-bond donors (Lipinski definition) is 1. The van der Waals surface area contributed by atoms with Gasteiger partial charge in [-0.1, -0.05) is 45.9 Å². The molecule has 1 saturated carbocycles. The molecule has 1 saturated heterocycles. The SMILES string of the molecule is C=CCCc1nc2ccc(OC)cc2nc1O[C@@H]1CC(C(=O)OC)N(C(=O)S[C@](C)(NC(=O)O[C@@H]2CC2C/C=C\CC)C(C)(C)C)C1. The van der Waals surface area contributed by atoms with Crippen LogP contribution in [0.25, 0.3) is 11.0 Å². The Morgan fingerprint density at radius 2 is 1.87 bits per heavy atom. The number of alkyl carbamates (subject to hydrolysis) is 1. The summed E-state index contributed by atoms with van der Waals surface area (Å²) in [5.41, 5.74) is 1.39. The van der Waals surface area contributed by atoms with Gasteiger partial charge >= 0.3 is 12.1 Å². The maximum atomic E-state index is 14.0. The van der Waals surface area contributed by atoms with Crippen LogP contribution in [-0.2, 0) is 20.7 Å². The number of aryl methyl sites for hydroxylation is 1. The van der Waals surface area contributed by atoms with Crippen molar-refractivity contribution in [2.75, 3.05) is 20.8 Å². The molecule has 11 nitrogen and oxygen atoms in total. The molecule has 2 aliphatic rings. The molecule has 0 bridgehead atoms. The molecule has 256 valence electrons. The lowest BCUT2D eigenvalue weighted by atomic mass is 9.87. The van der Waals surface area contributed by atoms with Gasteiger partial charge in [-0.3, -0.25) is 4.79 Å². The molecular formula is C35H48N4O7S. The topological polar surface area (TPSA) is 129 Å². The Kier molecular flexibility index (Phi) is 11.8. The van der Waals surface area contributed by atoms with E-state index in [1.54, 1.807) is 26.2 Å².